The first-order valence-corrected chi connectivity index (χ1v) is 6.11. The third-order valence-corrected chi connectivity index (χ3v) is 3.53. The van der Waals surface area contributed by atoms with E-state index in [9.17, 15) is 4.39 Å². The van der Waals surface area contributed by atoms with Gasteiger partial charge in [0, 0.05) is 6.42 Å². The second kappa shape index (κ2) is 4.89. The summed E-state index contributed by atoms with van der Waals surface area (Å²) in [5, 5.41) is 9.64. The van der Waals surface area contributed by atoms with Gasteiger partial charge >= 0.3 is 0 Å². The van der Waals surface area contributed by atoms with Crippen LogP contribution in [0.3, 0.4) is 0 Å². The van der Waals surface area contributed by atoms with Crippen molar-refractivity contribution in [2.24, 2.45) is 0 Å². The average molecular weight is 257 g/mol. The molecule has 1 aromatic heterocycles. The minimum atomic E-state index is -0.226. The topological polar surface area (TPSA) is 25.8 Å². The molecule has 2 rings (SSSR count). The molecule has 2 nitrogen and oxygen atoms in total. The van der Waals surface area contributed by atoms with Gasteiger partial charge in [-0.25, -0.2) is 4.39 Å². The van der Waals surface area contributed by atoms with Gasteiger partial charge < -0.3 is 0 Å². The van der Waals surface area contributed by atoms with Crippen molar-refractivity contribution in [2.75, 3.05) is 0 Å². The second-order valence-electron chi connectivity index (χ2n) is 3.45. The maximum Gasteiger partial charge on any atom is 0.135 e. The Morgan fingerprint density at radius 3 is 2.56 bits per heavy atom. The molecule has 1 atom stereocenters. The first-order chi connectivity index (χ1) is 7.65. The van der Waals surface area contributed by atoms with Crippen molar-refractivity contribution in [3.8, 4) is 0 Å². The highest BCUT2D eigenvalue weighted by Crippen LogP contribution is 2.24. The molecule has 0 N–H and O–H groups in total. The van der Waals surface area contributed by atoms with E-state index in [2.05, 4.69) is 10.2 Å². The van der Waals surface area contributed by atoms with Crippen LogP contribution in [0, 0.1) is 5.82 Å². The molecule has 0 saturated carbocycles. The van der Waals surface area contributed by atoms with Gasteiger partial charge in [-0.05, 0) is 24.6 Å². The predicted octanol–water partition coefficient (Wildman–Crippen LogP) is 3.57. The molecule has 0 aliphatic heterocycles. The molecular formula is C11H10ClFN2S. The first kappa shape index (κ1) is 11.5. The van der Waals surface area contributed by atoms with E-state index < -0.39 is 0 Å². The van der Waals surface area contributed by atoms with Gasteiger partial charge in [0.1, 0.15) is 15.8 Å². The van der Waals surface area contributed by atoms with Crippen molar-refractivity contribution in [3.63, 3.8) is 0 Å². The third kappa shape index (κ3) is 2.77. The Kier molecular flexibility index (Phi) is 3.51. The maximum absolute atomic E-state index is 12.7. The SMILES string of the molecule is CC(Cl)c1nnc(Cc2ccc(F)cc2)s1. The number of benzene rings is 1. The molecule has 0 aliphatic rings. The summed E-state index contributed by atoms with van der Waals surface area (Å²) < 4.78 is 12.7. The molecule has 1 heterocycles. The summed E-state index contributed by atoms with van der Waals surface area (Å²) in [5.41, 5.74) is 1.02. The van der Waals surface area contributed by atoms with Crippen molar-refractivity contribution in [3.05, 3.63) is 45.7 Å². The summed E-state index contributed by atoms with van der Waals surface area (Å²) >= 11 is 7.39. The zero-order valence-corrected chi connectivity index (χ0v) is 10.2. The largest absolute Gasteiger partial charge is 0.207 e. The lowest BCUT2D eigenvalue weighted by molar-refractivity contribution is 0.627. The quantitative estimate of drug-likeness (QED) is 0.785. The highest BCUT2D eigenvalue weighted by molar-refractivity contribution is 7.11. The summed E-state index contributed by atoms with van der Waals surface area (Å²) in [6.07, 6.45) is 0.668. The number of nitrogens with zero attached hydrogens (tertiary/aromatic N) is 2. The number of halogens is 2. The van der Waals surface area contributed by atoms with E-state index in [1.165, 1.54) is 23.5 Å². The fraction of sp³-hybridized carbons (Fsp3) is 0.273. The van der Waals surface area contributed by atoms with Crippen molar-refractivity contribution in [1.82, 2.24) is 10.2 Å². The van der Waals surface area contributed by atoms with Crippen molar-refractivity contribution in [2.45, 2.75) is 18.7 Å². The fourth-order valence-electron chi connectivity index (χ4n) is 1.28. The molecule has 0 radical (unpaired) electrons. The zero-order valence-electron chi connectivity index (χ0n) is 8.65. The van der Waals surface area contributed by atoms with Gasteiger partial charge in [-0.3, -0.25) is 0 Å². The molecule has 0 fully saturated rings. The smallest absolute Gasteiger partial charge is 0.135 e. The fourth-order valence-corrected chi connectivity index (χ4v) is 2.26. The summed E-state index contributed by atoms with van der Waals surface area (Å²) in [6, 6.07) is 6.39. The average Bonchev–Trinajstić information content (AvgIpc) is 2.70. The van der Waals surface area contributed by atoms with Crippen LogP contribution in [0.2, 0.25) is 0 Å². The van der Waals surface area contributed by atoms with Gasteiger partial charge in [-0.15, -0.1) is 21.8 Å². The molecule has 0 spiro atoms. The van der Waals surface area contributed by atoms with E-state index in [4.69, 9.17) is 11.6 Å². The number of hydrogen-bond acceptors (Lipinski definition) is 3. The molecule has 84 valence electrons. The van der Waals surface area contributed by atoms with E-state index >= 15 is 0 Å². The monoisotopic (exact) mass is 256 g/mol. The van der Waals surface area contributed by atoms with Crippen molar-refractivity contribution in [1.29, 1.82) is 0 Å². The highest BCUT2D eigenvalue weighted by atomic mass is 35.5. The van der Waals surface area contributed by atoms with Crippen LogP contribution < -0.4 is 0 Å². The normalized spacial score (nSPS) is 12.7. The van der Waals surface area contributed by atoms with Crippen molar-refractivity contribution >= 4 is 22.9 Å². The third-order valence-electron chi connectivity index (χ3n) is 2.09. The lowest BCUT2D eigenvalue weighted by atomic mass is 10.2. The van der Waals surface area contributed by atoms with Gasteiger partial charge in [0.2, 0.25) is 0 Å². The molecule has 2 aromatic rings. The molecule has 0 bridgehead atoms. The number of alkyl halides is 1. The minimum Gasteiger partial charge on any atom is -0.207 e. The molecule has 5 heteroatoms. The predicted molar refractivity (Wildman–Crippen MR) is 63.4 cm³/mol. The van der Waals surface area contributed by atoms with Crippen LogP contribution in [0.5, 0.6) is 0 Å². The van der Waals surface area contributed by atoms with Crippen LogP contribution in [0.1, 0.15) is 27.9 Å². The lowest BCUT2D eigenvalue weighted by Gasteiger charge is -1.96. The Hall–Kier alpha value is -1.000. The van der Waals surface area contributed by atoms with Gasteiger partial charge in [0.25, 0.3) is 0 Å². The van der Waals surface area contributed by atoms with E-state index in [1.807, 2.05) is 6.92 Å². The Morgan fingerprint density at radius 1 is 1.31 bits per heavy atom. The van der Waals surface area contributed by atoms with E-state index in [0.29, 0.717) is 6.42 Å². The van der Waals surface area contributed by atoms with Crippen LogP contribution in [0.4, 0.5) is 4.39 Å². The number of hydrogen-bond donors (Lipinski definition) is 0. The molecule has 0 saturated heterocycles. The Bertz CT molecular complexity index is 467. The van der Waals surface area contributed by atoms with Crippen LogP contribution in [0.15, 0.2) is 24.3 Å². The maximum atomic E-state index is 12.7. The van der Waals surface area contributed by atoms with Gasteiger partial charge in [-0.1, -0.05) is 23.5 Å². The van der Waals surface area contributed by atoms with Crippen molar-refractivity contribution < 1.29 is 4.39 Å². The lowest BCUT2D eigenvalue weighted by Crippen LogP contribution is -1.87. The van der Waals surface area contributed by atoms with Crippen LogP contribution >= 0.6 is 22.9 Å². The van der Waals surface area contributed by atoms with E-state index in [1.54, 1.807) is 12.1 Å². The first-order valence-electron chi connectivity index (χ1n) is 4.86. The summed E-state index contributed by atoms with van der Waals surface area (Å²) in [5.74, 6) is -0.226. The molecule has 0 amide bonds. The van der Waals surface area contributed by atoms with Crippen LogP contribution in [0.25, 0.3) is 0 Å². The van der Waals surface area contributed by atoms with E-state index in [0.717, 1.165) is 15.6 Å². The highest BCUT2D eigenvalue weighted by Gasteiger charge is 2.09. The zero-order chi connectivity index (χ0) is 11.5. The molecule has 1 aromatic carbocycles. The Morgan fingerprint density at radius 2 is 2.00 bits per heavy atom. The van der Waals surface area contributed by atoms with Gasteiger partial charge in [-0.2, -0.15) is 0 Å². The summed E-state index contributed by atoms with van der Waals surface area (Å²) in [4.78, 5) is 0. The van der Waals surface area contributed by atoms with Crippen LogP contribution in [-0.2, 0) is 6.42 Å². The van der Waals surface area contributed by atoms with Gasteiger partial charge in [0.05, 0.1) is 5.38 Å². The summed E-state index contributed by atoms with van der Waals surface area (Å²) in [7, 11) is 0. The molecular weight excluding hydrogens is 247 g/mol. The summed E-state index contributed by atoms with van der Waals surface area (Å²) in [6.45, 7) is 1.86. The standard InChI is InChI=1S/C11H10ClFN2S/c1-7(12)11-15-14-10(16-11)6-8-2-4-9(13)5-3-8/h2-5,7H,6H2,1H3. The number of rotatable bonds is 3. The van der Waals surface area contributed by atoms with Gasteiger partial charge in [0.15, 0.2) is 0 Å². The minimum absolute atomic E-state index is 0.112. The Labute approximate surface area is 102 Å². The molecule has 1 unspecified atom stereocenters. The molecule has 0 aliphatic carbocycles. The van der Waals surface area contributed by atoms with Crippen LogP contribution in [-0.4, -0.2) is 10.2 Å². The Balaban J connectivity index is 2.11. The second-order valence-corrected chi connectivity index (χ2v) is 5.20. The number of aromatic nitrogens is 2. The molecule has 16 heavy (non-hydrogen) atoms. The van der Waals surface area contributed by atoms with E-state index in [-0.39, 0.29) is 11.2 Å².